The normalized spacial score (nSPS) is 13.1. The number of hydrogen-bond acceptors (Lipinski definition) is 6. The molecule has 16 aromatic rings. The van der Waals surface area contributed by atoms with Gasteiger partial charge in [0.05, 0.1) is 47.6 Å². The van der Waals surface area contributed by atoms with Crippen molar-refractivity contribution >= 4 is 43.1 Å². The van der Waals surface area contributed by atoms with Gasteiger partial charge in [0.25, 0.3) is 0 Å². The van der Waals surface area contributed by atoms with E-state index < -0.39 is 16.2 Å². The Morgan fingerprint density at radius 1 is 0.196 bits per heavy atom. The minimum Gasteiger partial charge on any atom is -0.508 e. The highest BCUT2D eigenvalue weighted by atomic mass is 16.5. The number of phenols is 1. The zero-order valence-electron chi connectivity index (χ0n) is 58.7. The fraction of sp³-hybridized carbons (Fsp3) is 0.0297. The highest BCUT2D eigenvalue weighted by molar-refractivity contribution is 5.95. The Balaban J connectivity index is 0.000000119. The number of phenolic OH excluding ortho intramolecular Hbond substituents is 1. The lowest BCUT2D eigenvalue weighted by molar-refractivity contribution is 0.476. The third kappa shape index (κ3) is 11.1. The van der Waals surface area contributed by atoms with Crippen LogP contribution in [0.5, 0.6) is 34.5 Å². The van der Waals surface area contributed by atoms with E-state index in [1.807, 2.05) is 60.7 Å². The lowest BCUT2D eigenvalue weighted by atomic mass is 9.67. The van der Waals surface area contributed by atoms with E-state index >= 15 is 0 Å². The summed E-state index contributed by atoms with van der Waals surface area (Å²) in [4.78, 5) is 0. The first-order chi connectivity index (χ1) is 52.7. The molecule has 0 amide bonds. The van der Waals surface area contributed by atoms with Crippen LogP contribution in [-0.4, -0.2) is 5.11 Å². The zero-order chi connectivity index (χ0) is 72.6. The molecule has 0 saturated carbocycles. The fourth-order valence-electron chi connectivity index (χ4n) is 17.2. The predicted molar refractivity (Wildman–Crippen MR) is 437 cm³/mol. The van der Waals surface area contributed by atoms with Crippen LogP contribution in [0.15, 0.2) is 404 Å². The molecule has 16 aromatic carbocycles. The molecule has 0 radical (unpaired) electrons. The average Bonchev–Trinajstić information content (AvgIpc) is 1.55. The van der Waals surface area contributed by atoms with Crippen molar-refractivity contribution in [1.29, 1.82) is 0 Å². The molecule has 3 aliphatic carbocycles. The summed E-state index contributed by atoms with van der Waals surface area (Å²) in [6.45, 7) is 18.4. The van der Waals surface area contributed by atoms with E-state index in [4.69, 9.17) is 23.7 Å². The van der Waals surface area contributed by atoms with Gasteiger partial charge in [0.2, 0.25) is 0 Å². The molecular formula is C101H72O6. The van der Waals surface area contributed by atoms with Crippen LogP contribution in [0.4, 0.5) is 0 Å². The maximum Gasteiger partial charge on any atom is 0.127 e. The van der Waals surface area contributed by atoms with Gasteiger partial charge < -0.3 is 28.8 Å². The van der Waals surface area contributed by atoms with Gasteiger partial charge in [0, 0.05) is 0 Å². The monoisotopic (exact) mass is 1380 g/mol. The molecule has 1 N–H and O–H groups in total. The van der Waals surface area contributed by atoms with Crippen molar-refractivity contribution in [1.82, 2.24) is 0 Å². The van der Waals surface area contributed by atoms with Crippen LogP contribution in [0.3, 0.4) is 0 Å². The minimum atomic E-state index is -0.482. The van der Waals surface area contributed by atoms with Gasteiger partial charge in [-0.05, 0) is 240 Å². The molecule has 0 heterocycles. The molecule has 0 atom stereocenters. The molecule has 0 unspecified atom stereocenters. The number of ether oxygens (including phenoxy) is 5. The minimum absolute atomic E-state index is 0.279. The number of benzene rings is 16. The van der Waals surface area contributed by atoms with Crippen molar-refractivity contribution < 1.29 is 28.8 Å². The van der Waals surface area contributed by atoms with Crippen LogP contribution in [0, 0.1) is 0 Å². The first-order valence-electron chi connectivity index (χ1n) is 35.7. The van der Waals surface area contributed by atoms with E-state index in [2.05, 4.69) is 306 Å². The molecule has 0 aromatic heterocycles. The van der Waals surface area contributed by atoms with Crippen molar-refractivity contribution in [2.75, 3.05) is 0 Å². The van der Waals surface area contributed by atoms with Crippen LogP contribution in [-0.2, 0) is 16.2 Å². The predicted octanol–water partition coefficient (Wildman–Crippen LogP) is 25.1. The van der Waals surface area contributed by atoms with Crippen molar-refractivity contribution in [2.45, 2.75) is 16.2 Å². The zero-order valence-corrected chi connectivity index (χ0v) is 58.7. The van der Waals surface area contributed by atoms with Gasteiger partial charge in [-0.15, -0.1) is 0 Å². The molecular weight excluding hydrogens is 1310 g/mol. The van der Waals surface area contributed by atoms with Crippen LogP contribution in [0.25, 0.3) is 76.5 Å². The van der Waals surface area contributed by atoms with Gasteiger partial charge in [-0.3, -0.25) is 0 Å². The molecule has 0 aliphatic heterocycles. The Morgan fingerprint density at radius 2 is 0.393 bits per heavy atom. The molecule has 6 nitrogen and oxygen atoms in total. The lowest BCUT2D eigenvalue weighted by Gasteiger charge is -2.34. The quantitative estimate of drug-likeness (QED) is 0.0973. The van der Waals surface area contributed by atoms with Crippen molar-refractivity contribution in [3.8, 4) is 67.9 Å². The van der Waals surface area contributed by atoms with Crippen molar-refractivity contribution in [3.05, 3.63) is 471 Å². The first kappa shape index (κ1) is 66.3. The molecule has 0 saturated heterocycles. The van der Waals surface area contributed by atoms with E-state index in [9.17, 15) is 5.11 Å². The lowest BCUT2D eigenvalue weighted by Crippen LogP contribution is -2.28. The molecule has 19 rings (SSSR count). The van der Waals surface area contributed by atoms with Gasteiger partial charge in [-0.25, -0.2) is 0 Å². The highest BCUT2D eigenvalue weighted by Crippen LogP contribution is 2.60. The summed E-state index contributed by atoms with van der Waals surface area (Å²) in [5.41, 5.74) is 21.1. The van der Waals surface area contributed by atoms with E-state index in [0.717, 1.165) is 71.8 Å². The summed E-state index contributed by atoms with van der Waals surface area (Å²) in [6.07, 6.45) is 7.27. The first-order valence-corrected chi connectivity index (χ1v) is 35.7. The van der Waals surface area contributed by atoms with E-state index in [0.29, 0.717) is 0 Å². The molecule has 107 heavy (non-hydrogen) atoms. The summed E-state index contributed by atoms with van der Waals surface area (Å²) in [7, 11) is 0. The largest absolute Gasteiger partial charge is 0.508 e. The van der Waals surface area contributed by atoms with Gasteiger partial charge >= 0.3 is 0 Å². The number of aromatic hydroxyl groups is 1. The Bertz CT molecular complexity index is 5910. The summed E-state index contributed by atoms with van der Waals surface area (Å²) < 4.78 is 27.6. The summed E-state index contributed by atoms with van der Waals surface area (Å²) in [5, 5.41) is 19.0. The maximum absolute atomic E-state index is 10.0. The second kappa shape index (κ2) is 27.7. The number of hydrogen-bond donors (Lipinski definition) is 1. The second-order valence-electron chi connectivity index (χ2n) is 26.9. The molecule has 0 fully saturated rings. The Labute approximate surface area is 622 Å². The molecule has 6 heteroatoms. The highest BCUT2D eigenvalue weighted by Gasteiger charge is 2.49. The van der Waals surface area contributed by atoms with E-state index in [1.54, 1.807) is 6.07 Å². The standard InChI is InChI=1S/C37H26O2.C35H24O2.C29H22O2/c1-3-38-31-19-15-25-21-29(17-13-27(25)23-31)37(30-18-14-28-24-32(39-4-2)20-16-26(28)22-30)35-11-7-5-9-33(35)34-10-6-8-12-36(34)37;1-2-37-30-18-14-24-20-28(16-12-26(24)22-30)35(27-15-11-25-21-29(36)17-13-23(25)19-27)33-9-5-3-7-31(33)32-8-4-6-10-34(32)35;1-3-30-23-17-13-21(14-18-23)29(22-15-19-24(20-16-22)31-4-2)27-11-7-5-9-25(27)26-10-6-8-12-28(26)29/h3-24H,1-2H2;2-22,36H,1H2;3-20H,1-2H2. The third-order valence-electron chi connectivity index (χ3n) is 21.5. The van der Waals surface area contributed by atoms with Crippen LogP contribution < -0.4 is 23.7 Å². The smallest absolute Gasteiger partial charge is 0.127 e. The topological polar surface area (TPSA) is 66.4 Å². The number of rotatable bonds is 16. The fourth-order valence-corrected chi connectivity index (χ4v) is 17.2. The summed E-state index contributed by atoms with van der Waals surface area (Å²) in [6, 6.07) is 120. The Hall–Kier alpha value is -13.9. The summed E-state index contributed by atoms with van der Waals surface area (Å²) >= 11 is 0. The van der Waals surface area contributed by atoms with E-state index in [1.165, 1.54) is 131 Å². The van der Waals surface area contributed by atoms with E-state index in [-0.39, 0.29) is 5.75 Å². The molecule has 512 valence electrons. The molecule has 3 aliphatic rings. The van der Waals surface area contributed by atoms with Crippen molar-refractivity contribution in [3.63, 3.8) is 0 Å². The molecule has 0 spiro atoms. The third-order valence-corrected chi connectivity index (χ3v) is 21.5. The van der Waals surface area contributed by atoms with Gasteiger partial charge in [0.15, 0.2) is 0 Å². The van der Waals surface area contributed by atoms with Crippen LogP contribution in [0.1, 0.15) is 66.8 Å². The van der Waals surface area contributed by atoms with Gasteiger partial charge in [-0.1, -0.05) is 276 Å². The average molecular weight is 1380 g/mol. The SMILES string of the molecule is C=COc1ccc(C2(c3ccc(OC=C)cc3)c3ccccc3-c3ccccc32)cc1.C=COc1ccc2cc(C3(c4ccc5cc(O)ccc5c4)c4ccccc4-c4ccccc43)ccc2c1.C=COc1ccc2cc(C3(c4ccc5cc(OC=C)ccc5c4)c4ccccc4-c4ccccc43)ccc2c1. The van der Waals surface area contributed by atoms with Crippen LogP contribution >= 0.6 is 0 Å². The van der Waals surface area contributed by atoms with Gasteiger partial charge in [0.1, 0.15) is 34.5 Å². The van der Waals surface area contributed by atoms with Crippen molar-refractivity contribution in [2.24, 2.45) is 0 Å². The van der Waals surface area contributed by atoms with Gasteiger partial charge in [-0.2, -0.15) is 0 Å². The Kier molecular flexibility index (Phi) is 17.2. The number of fused-ring (bicyclic) bond motifs is 13. The maximum atomic E-state index is 10.0. The summed E-state index contributed by atoms with van der Waals surface area (Å²) in [5.74, 6) is 4.16. The molecule has 0 bridgehead atoms. The van der Waals surface area contributed by atoms with Crippen LogP contribution in [0.2, 0.25) is 0 Å². The second-order valence-corrected chi connectivity index (χ2v) is 26.9. The Morgan fingerprint density at radius 3 is 0.664 bits per heavy atom.